The summed E-state index contributed by atoms with van der Waals surface area (Å²) in [6.45, 7) is 7.04. The van der Waals surface area contributed by atoms with Crippen molar-refractivity contribution >= 4 is 17.7 Å². The summed E-state index contributed by atoms with van der Waals surface area (Å²) in [4.78, 5) is 22.9. The molecule has 1 fully saturated rings. The van der Waals surface area contributed by atoms with E-state index in [0.29, 0.717) is 31.2 Å². The number of aliphatic carboxylic acids is 1. The number of nitrogens with one attached hydrogen (secondary N) is 2. The second-order valence-electron chi connectivity index (χ2n) is 7.25. The number of hydrazone groups is 1. The summed E-state index contributed by atoms with van der Waals surface area (Å²) in [6, 6.07) is -0.267. The third-order valence-corrected chi connectivity index (χ3v) is 5.27. The molecule has 3 N–H and O–H groups in total. The number of carbonyl (C=O) groups excluding carboxylic acids is 1. The fraction of sp³-hybridized carbons (Fsp3) is 0.842. The van der Waals surface area contributed by atoms with E-state index >= 15 is 0 Å². The maximum absolute atomic E-state index is 12.0. The van der Waals surface area contributed by atoms with Crippen molar-refractivity contribution in [3.63, 3.8) is 0 Å². The lowest BCUT2D eigenvalue weighted by Gasteiger charge is -2.26. The molecule has 0 bridgehead atoms. The number of rotatable bonds is 10. The lowest BCUT2D eigenvalue weighted by molar-refractivity contribution is -0.143. The Balaban J connectivity index is 2.35. The van der Waals surface area contributed by atoms with E-state index in [4.69, 9.17) is 5.11 Å². The van der Waals surface area contributed by atoms with Gasteiger partial charge >= 0.3 is 12.0 Å². The Morgan fingerprint density at radius 3 is 2.40 bits per heavy atom. The van der Waals surface area contributed by atoms with Gasteiger partial charge in [0.25, 0.3) is 0 Å². The van der Waals surface area contributed by atoms with Gasteiger partial charge in [-0.05, 0) is 56.8 Å². The van der Waals surface area contributed by atoms with E-state index in [2.05, 4.69) is 36.6 Å². The quantitative estimate of drug-likeness (QED) is 0.313. The predicted octanol–water partition coefficient (Wildman–Crippen LogP) is 4.16. The molecule has 6 heteroatoms. The molecule has 0 radical (unpaired) electrons. The molecule has 1 aliphatic carbocycles. The van der Waals surface area contributed by atoms with Gasteiger partial charge in [-0.15, -0.1) is 0 Å². The van der Waals surface area contributed by atoms with E-state index in [-0.39, 0.29) is 11.9 Å². The van der Waals surface area contributed by atoms with Crippen molar-refractivity contribution < 1.29 is 14.7 Å². The monoisotopic (exact) mass is 353 g/mol. The van der Waals surface area contributed by atoms with E-state index < -0.39 is 5.97 Å². The Bertz CT molecular complexity index is 443. The molecule has 0 heterocycles. The van der Waals surface area contributed by atoms with E-state index in [9.17, 15) is 9.59 Å². The van der Waals surface area contributed by atoms with E-state index in [1.165, 1.54) is 12.8 Å². The highest BCUT2D eigenvalue weighted by Gasteiger charge is 2.25. The van der Waals surface area contributed by atoms with Crippen molar-refractivity contribution in [2.24, 2.45) is 22.9 Å². The Morgan fingerprint density at radius 2 is 1.84 bits per heavy atom. The van der Waals surface area contributed by atoms with Crippen molar-refractivity contribution in [2.45, 2.75) is 78.6 Å². The van der Waals surface area contributed by atoms with E-state index in [1.54, 1.807) is 0 Å². The van der Waals surface area contributed by atoms with Crippen LogP contribution >= 0.6 is 0 Å². The highest BCUT2D eigenvalue weighted by atomic mass is 16.4. The zero-order valence-electron chi connectivity index (χ0n) is 16.0. The Labute approximate surface area is 151 Å². The van der Waals surface area contributed by atoms with Crippen molar-refractivity contribution in [3.8, 4) is 0 Å². The van der Waals surface area contributed by atoms with Crippen LogP contribution in [0.2, 0.25) is 0 Å². The fourth-order valence-corrected chi connectivity index (χ4v) is 3.22. The maximum atomic E-state index is 12.0. The van der Waals surface area contributed by atoms with Gasteiger partial charge in [-0.25, -0.2) is 10.2 Å². The zero-order valence-corrected chi connectivity index (χ0v) is 16.0. The highest BCUT2D eigenvalue weighted by molar-refractivity contribution is 5.87. The average Bonchev–Trinajstić information content (AvgIpc) is 2.62. The molecule has 0 aliphatic heterocycles. The molecule has 1 atom stereocenters. The molecule has 0 aromatic heterocycles. The van der Waals surface area contributed by atoms with Gasteiger partial charge in [-0.1, -0.05) is 33.6 Å². The first-order valence-corrected chi connectivity index (χ1v) is 9.80. The van der Waals surface area contributed by atoms with Gasteiger partial charge in [0.15, 0.2) is 0 Å². The Kier molecular flexibility index (Phi) is 10.2. The van der Waals surface area contributed by atoms with Crippen LogP contribution in [-0.4, -0.2) is 29.4 Å². The Hall–Kier alpha value is -1.59. The summed E-state index contributed by atoms with van der Waals surface area (Å²) in [5.41, 5.74) is 3.70. The van der Waals surface area contributed by atoms with E-state index in [0.717, 1.165) is 37.8 Å². The Morgan fingerprint density at radius 1 is 1.16 bits per heavy atom. The zero-order chi connectivity index (χ0) is 18.7. The molecule has 0 spiro atoms. The summed E-state index contributed by atoms with van der Waals surface area (Å²) in [5.74, 6) is -0.164. The van der Waals surface area contributed by atoms with E-state index in [1.807, 2.05) is 0 Å². The van der Waals surface area contributed by atoms with Crippen LogP contribution in [0, 0.1) is 17.8 Å². The molecular weight excluding hydrogens is 318 g/mol. The number of carbonyl (C=O) groups is 2. The van der Waals surface area contributed by atoms with Crippen LogP contribution in [0.5, 0.6) is 0 Å². The molecule has 1 saturated carbocycles. The molecule has 6 nitrogen and oxygen atoms in total. The molecule has 144 valence electrons. The summed E-state index contributed by atoms with van der Waals surface area (Å²) in [6.07, 6.45) is 8.53. The minimum absolute atomic E-state index is 0.212. The summed E-state index contributed by atoms with van der Waals surface area (Å²) in [7, 11) is 0. The molecule has 0 saturated heterocycles. The van der Waals surface area contributed by atoms with Crippen molar-refractivity contribution in [3.05, 3.63) is 0 Å². The predicted molar refractivity (Wildman–Crippen MR) is 101 cm³/mol. The lowest BCUT2D eigenvalue weighted by atomic mass is 9.82. The highest BCUT2D eigenvalue weighted by Crippen LogP contribution is 2.28. The number of carboxylic acids is 1. The molecule has 25 heavy (non-hydrogen) atoms. The molecular formula is C19H35N3O3. The third-order valence-electron chi connectivity index (χ3n) is 5.27. The molecule has 0 unspecified atom stereocenters. The number of amides is 2. The number of unbranched alkanes of at least 4 members (excludes halogenated alkanes) is 2. The van der Waals surface area contributed by atoms with Gasteiger partial charge in [0.05, 0.1) is 5.92 Å². The fourth-order valence-electron chi connectivity index (χ4n) is 3.22. The average molecular weight is 354 g/mol. The van der Waals surface area contributed by atoms with Gasteiger partial charge in [0.1, 0.15) is 0 Å². The first-order valence-electron chi connectivity index (χ1n) is 9.80. The second kappa shape index (κ2) is 11.9. The first kappa shape index (κ1) is 21.5. The molecule has 0 aromatic carbocycles. The van der Waals surface area contributed by atoms with Gasteiger partial charge in [-0.3, -0.25) is 4.79 Å². The summed E-state index contributed by atoms with van der Waals surface area (Å²) in [5, 5.41) is 16.2. The molecule has 1 aliphatic rings. The van der Waals surface area contributed by atoms with Crippen molar-refractivity contribution in [1.82, 2.24) is 10.7 Å². The van der Waals surface area contributed by atoms with Crippen LogP contribution in [0.1, 0.15) is 78.6 Å². The summed E-state index contributed by atoms with van der Waals surface area (Å²) >= 11 is 0. The van der Waals surface area contributed by atoms with Gasteiger partial charge in [0.2, 0.25) is 0 Å². The SMILES string of the molecule is CCCCC/C(=N/NC(=O)NCC1CCC(C(=O)O)CC1)[C@@H](C)CC. The number of carboxylic acid groups (broad SMARTS) is 1. The molecule has 1 rings (SSSR count). The normalized spacial score (nSPS) is 22.3. The standard InChI is InChI=1S/C19H35N3O3/c1-4-6-7-8-17(14(3)5-2)21-22-19(25)20-13-15-9-11-16(12-10-15)18(23)24/h14-16H,4-13H2,1-3H3,(H,23,24)(H2,20,22,25)/b21-17-/t14-,15?,16?/m0/s1. The second-order valence-corrected chi connectivity index (χ2v) is 7.25. The molecule has 0 aromatic rings. The number of hydrogen-bond acceptors (Lipinski definition) is 3. The topological polar surface area (TPSA) is 90.8 Å². The first-order chi connectivity index (χ1) is 12.0. The smallest absolute Gasteiger partial charge is 0.335 e. The number of urea groups is 1. The van der Waals surface area contributed by atoms with Crippen LogP contribution in [0.15, 0.2) is 5.10 Å². The number of nitrogens with zero attached hydrogens (tertiary/aromatic N) is 1. The van der Waals surface area contributed by atoms with Crippen molar-refractivity contribution in [1.29, 1.82) is 0 Å². The van der Waals surface area contributed by atoms with Gasteiger partial charge in [-0.2, -0.15) is 5.10 Å². The maximum Gasteiger partial charge on any atom is 0.335 e. The largest absolute Gasteiger partial charge is 0.481 e. The van der Waals surface area contributed by atoms with Crippen LogP contribution in [-0.2, 0) is 4.79 Å². The van der Waals surface area contributed by atoms with Crippen LogP contribution < -0.4 is 10.7 Å². The third kappa shape index (κ3) is 8.36. The number of hydrogen-bond donors (Lipinski definition) is 3. The van der Waals surface area contributed by atoms with Crippen LogP contribution in [0.3, 0.4) is 0 Å². The minimum atomic E-state index is -0.695. The minimum Gasteiger partial charge on any atom is -0.481 e. The molecule has 2 amide bonds. The van der Waals surface area contributed by atoms with Gasteiger partial charge < -0.3 is 10.4 Å². The lowest BCUT2D eigenvalue weighted by Crippen LogP contribution is -2.37. The summed E-state index contributed by atoms with van der Waals surface area (Å²) < 4.78 is 0. The van der Waals surface area contributed by atoms with Crippen molar-refractivity contribution in [2.75, 3.05) is 6.54 Å². The van der Waals surface area contributed by atoms with Gasteiger partial charge in [0, 0.05) is 12.3 Å². The van der Waals surface area contributed by atoms with Crippen LogP contribution in [0.25, 0.3) is 0 Å². The van der Waals surface area contributed by atoms with Crippen LogP contribution in [0.4, 0.5) is 4.79 Å².